The van der Waals surface area contributed by atoms with Gasteiger partial charge < -0.3 is 14.8 Å². The van der Waals surface area contributed by atoms with Crippen LogP contribution in [0, 0.1) is 13.8 Å². The molecule has 31 heavy (non-hydrogen) atoms. The molecule has 0 spiro atoms. The number of hydrogen-bond acceptors (Lipinski definition) is 5. The number of para-hydroxylation sites is 1. The summed E-state index contributed by atoms with van der Waals surface area (Å²) in [6.45, 7) is 3.13. The Labute approximate surface area is 180 Å². The molecule has 1 N–H and O–H groups in total. The fraction of sp³-hybridized carbons (Fsp3) is 0.160. The summed E-state index contributed by atoms with van der Waals surface area (Å²) in [5.74, 6) is -0.569. The minimum absolute atomic E-state index is 0.238. The monoisotopic (exact) mass is 417 g/mol. The number of Topliss-reactive ketones (excluding diaryl/α,β-unsaturated/α-hetero) is 1. The number of ketones is 1. The van der Waals surface area contributed by atoms with Gasteiger partial charge in [0.05, 0.1) is 0 Å². The quantitative estimate of drug-likeness (QED) is 0.435. The van der Waals surface area contributed by atoms with Crippen LogP contribution in [-0.2, 0) is 9.53 Å². The van der Waals surface area contributed by atoms with Crippen molar-refractivity contribution in [1.29, 1.82) is 0 Å². The number of carbonyl (C=O) groups is 3. The highest BCUT2D eigenvalue weighted by atomic mass is 16.6. The molecule has 0 bridgehead atoms. The van der Waals surface area contributed by atoms with Crippen LogP contribution in [0.15, 0.2) is 72.8 Å². The molecule has 0 aliphatic carbocycles. The average molecular weight is 417 g/mol. The highest BCUT2D eigenvalue weighted by Crippen LogP contribution is 2.22. The summed E-state index contributed by atoms with van der Waals surface area (Å²) in [5, 5.41) is 2.76. The Morgan fingerprint density at radius 1 is 0.742 bits per heavy atom. The molecule has 6 nitrogen and oxygen atoms in total. The Hall–Kier alpha value is -3.93. The molecule has 158 valence electrons. The van der Waals surface area contributed by atoms with E-state index in [-0.39, 0.29) is 24.9 Å². The predicted octanol–water partition coefficient (Wildman–Crippen LogP) is 4.36. The molecule has 0 fully saturated rings. The van der Waals surface area contributed by atoms with Crippen LogP contribution in [0.3, 0.4) is 0 Å². The van der Waals surface area contributed by atoms with Gasteiger partial charge in [-0.05, 0) is 61.4 Å². The molecule has 0 heterocycles. The molecule has 0 radical (unpaired) electrons. The van der Waals surface area contributed by atoms with E-state index in [1.807, 2.05) is 38.1 Å². The molecular weight excluding hydrogens is 394 g/mol. The van der Waals surface area contributed by atoms with Gasteiger partial charge >= 0.3 is 5.97 Å². The van der Waals surface area contributed by atoms with Crippen molar-refractivity contribution < 1.29 is 23.9 Å². The lowest BCUT2D eigenvalue weighted by atomic mass is 10.1. The summed E-state index contributed by atoms with van der Waals surface area (Å²) in [7, 11) is 0. The molecule has 3 aromatic carbocycles. The number of amides is 1. The van der Waals surface area contributed by atoms with Crippen molar-refractivity contribution in [2.75, 3.05) is 18.5 Å². The Morgan fingerprint density at radius 2 is 1.39 bits per heavy atom. The standard InChI is InChI=1S/C25H23NO5/c1-17-7-6-8-18(2)24(17)31-16-23(28)30-15-22(27)19-11-13-21(14-12-19)26-25(29)20-9-4-3-5-10-20/h3-14H,15-16H2,1-2H3,(H,26,29). The molecule has 0 saturated carbocycles. The summed E-state index contributed by atoms with van der Waals surface area (Å²) in [4.78, 5) is 36.4. The second-order valence-corrected chi connectivity index (χ2v) is 6.99. The van der Waals surface area contributed by atoms with E-state index in [2.05, 4.69) is 5.32 Å². The highest BCUT2D eigenvalue weighted by Gasteiger charge is 2.13. The zero-order valence-electron chi connectivity index (χ0n) is 17.4. The summed E-state index contributed by atoms with van der Waals surface area (Å²) >= 11 is 0. The minimum atomic E-state index is -0.622. The molecule has 3 rings (SSSR count). The van der Waals surface area contributed by atoms with Gasteiger partial charge in [-0.15, -0.1) is 0 Å². The summed E-state index contributed by atoms with van der Waals surface area (Å²) in [6, 6.07) is 20.9. The second-order valence-electron chi connectivity index (χ2n) is 6.99. The van der Waals surface area contributed by atoms with Gasteiger partial charge in [0.15, 0.2) is 19.0 Å². The summed E-state index contributed by atoms with van der Waals surface area (Å²) in [5.41, 5.74) is 3.31. The number of ether oxygens (including phenoxy) is 2. The summed E-state index contributed by atoms with van der Waals surface area (Å²) in [6.07, 6.45) is 0. The molecule has 0 saturated heterocycles. The van der Waals surface area contributed by atoms with Crippen LogP contribution in [0.25, 0.3) is 0 Å². The van der Waals surface area contributed by atoms with Crippen LogP contribution in [0.1, 0.15) is 31.8 Å². The van der Waals surface area contributed by atoms with Crippen LogP contribution in [0.4, 0.5) is 5.69 Å². The van der Waals surface area contributed by atoms with E-state index in [0.29, 0.717) is 22.6 Å². The van der Waals surface area contributed by atoms with Gasteiger partial charge in [-0.1, -0.05) is 36.4 Å². The third-order valence-corrected chi connectivity index (χ3v) is 4.61. The molecule has 1 amide bonds. The number of benzene rings is 3. The van der Waals surface area contributed by atoms with Crippen molar-refractivity contribution in [3.05, 3.63) is 95.1 Å². The second kappa shape index (κ2) is 10.2. The van der Waals surface area contributed by atoms with Gasteiger partial charge in [-0.3, -0.25) is 9.59 Å². The number of esters is 1. The van der Waals surface area contributed by atoms with Crippen LogP contribution in [-0.4, -0.2) is 30.9 Å². The normalized spacial score (nSPS) is 10.3. The molecular formula is C25H23NO5. The largest absolute Gasteiger partial charge is 0.481 e. The number of nitrogens with one attached hydrogen (secondary N) is 1. The molecule has 0 aliphatic rings. The van der Waals surface area contributed by atoms with E-state index in [1.165, 1.54) is 0 Å². The topological polar surface area (TPSA) is 81.7 Å². The lowest BCUT2D eigenvalue weighted by Gasteiger charge is -2.11. The SMILES string of the molecule is Cc1cccc(C)c1OCC(=O)OCC(=O)c1ccc(NC(=O)c2ccccc2)cc1. The van der Waals surface area contributed by atoms with Crippen molar-refractivity contribution in [1.82, 2.24) is 0 Å². The summed E-state index contributed by atoms with van der Waals surface area (Å²) < 4.78 is 10.6. The zero-order chi connectivity index (χ0) is 22.2. The first-order valence-electron chi connectivity index (χ1n) is 9.78. The Bertz CT molecular complexity index is 1050. The molecule has 6 heteroatoms. The van der Waals surface area contributed by atoms with Crippen LogP contribution < -0.4 is 10.1 Å². The van der Waals surface area contributed by atoms with E-state index in [4.69, 9.17) is 9.47 Å². The van der Waals surface area contributed by atoms with E-state index >= 15 is 0 Å². The van der Waals surface area contributed by atoms with E-state index in [1.54, 1.807) is 48.5 Å². The van der Waals surface area contributed by atoms with E-state index in [0.717, 1.165) is 11.1 Å². The predicted molar refractivity (Wildman–Crippen MR) is 118 cm³/mol. The number of anilines is 1. The number of aryl methyl sites for hydroxylation is 2. The van der Waals surface area contributed by atoms with Crippen molar-refractivity contribution in [3.63, 3.8) is 0 Å². The molecule has 0 unspecified atom stereocenters. The van der Waals surface area contributed by atoms with Gasteiger partial charge in [0.2, 0.25) is 0 Å². The van der Waals surface area contributed by atoms with Gasteiger partial charge in [0, 0.05) is 16.8 Å². The van der Waals surface area contributed by atoms with Crippen molar-refractivity contribution in [2.45, 2.75) is 13.8 Å². The van der Waals surface area contributed by atoms with E-state index in [9.17, 15) is 14.4 Å². The van der Waals surface area contributed by atoms with Gasteiger partial charge in [0.1, 0.15) is 5.75 Å². The number of rotatable bonds is 8. The van der Waals surface area contributed by atoms with Crippen molar-refractivity contribution in [2.24, 2.45) is 0 Å². The number of carbonyl (C=O) groups excluding carboxylic acids is 3. The molecule has 3 aromatic rings. The molecule has 0 aliphatic heterocycles. The zero-order valence-corrected chi connectivity index (χ0v) is 17.4. The lowest BCUT2D eigenvalue weighted by molar-refractivity contribution is -0.144. The average Bonchev–Trinajstić information content (AvgIpc) is 2.78. The lowest BCUT2D eigenvalue weighted by Crippen LogP contribution is -2.20. The smallest absolute Gasteiger partial charge is 0.344 e. The maximum atomic E-state index is 12.3. The first-order chi connectivity index (χ1) is 14.9. The van der Waals surface area contributed by atoms with Gasteiger partial charge in [0.25, 0.3) is 5.91 Å². The number of hydrogen-bond donors (Lipinski definition) is 1. The van der Waals surface area contributed by atoms with Crippen LogP contribution >= 0.6 is 0 Å². The highest BCUT2D eigenvalue weighted by molar-refractivity contribution is 6.04. The third-order valence-electron chi connectivity index (χ3n) is 4.61. The minimum Gasteiger partial charge on any atom is -0.481 e. The fourth-order valence-corrected chi connectivity index (χ4v) is 2.96. The van der Waals surface area contributed by atoms with Gasteiger partial charge in [-0.2, -0.15) is 0 Å². The first-order valence-corrected chi connectivity index (χ1v) is 9.78. The van der Waals surface area contributed by atoms with E-state index < -0.39 is 5.97 Å². The van der Waals surface area contributed by atoms with Crippen LogP contribution in [0.2, 0.25) is 0 Å². The molecule has 0 atom stereocenters. The van der Waals surface area contributed by atoms with Crippen molar-refractivity contribution >= 4 is 23.3 Å². The molecule has 0 aromatic heterocycles. The maximum absolute atomic E-state index is 12.3. The first kappa shape index (κ1) is 21.8. The Kier molecular flexibility index (Phi) is 7.17. The fourth-order valence-electron chi connectivity index (χ4n) is 2.96. The maximum Gasteiger partial charge on any atom is 0.344 e. The van der Waals surface area contributed by atoms with Crippen molar-refractivity contribution in [3.8, 4) is 5.75 Å². The van der Waals surface area contributed by atoms with Gasteiger partial charge in [-0.25, -0.2) is 4.79 Å². The third kappa shape index (κ3) is 6.02. The van der Waals surface area contributed by atoms with Crippen LogP contribution in [0.5, 0.6) is 5.75 Å². The Balaban J connectivity index is 1.48. The Morgan fingerprint density at radius 3 is 2.03 bits per heavy atom.